The number of hydrogen-bond donors (Lipinski definition) is 4. The number of nitrogens with one attached hydrogen (secondary N) is 1. The second-order valence-corrected chi connectivity index (χ2v) is 3.56. The average molecular weight is 224 g/mol. The van der Waals surface area contributed by atoms with Crippen LogP contribution in [0.3, 0.4) is 0 Å². The summed E-state index contributed by atoms with van der Waals surface area (Å²) in [5.41, 5.74) is 6.25. The number of carbonyl (C=O) groups is 1. The first-order valence-electron chi connectivity index (χ1n) is 5.11. The van der Waals surface area contributed by atoms with E-state index in [9.17, 15) is 4.79 Å². The van der Waals surface area contributed by atoms with Gasteiger partial charge in [0.2, 0.25) is 0 Å². The van der Waals surface area contributed by atoms with Crippen LogP contribution in [-0.2, 0) is 4.79 Å². The predicted octanol–water partition coefficient (Wildman–Crippen LogP) is 0.996. The van der Waals surface area contributed by atoms with Crippen molar-refractivity contribution in [3.05, 3.63) is 24.3 Å². The highest BCUT2D eigenvalue weighted by molar-refractivity contribution is 5.72. The molecule has 0 aliphatic rings. The van der Waals surface area contributed by atoms with Gasteiger partial charge in [0.1, 0.15) is 11.8 Å². The minimum absolute atomic E-state index is 0.221. The molecule has 5 N–H and O–H groups in total. The first-order valence-corrected chi connectivity index (χ1v) is 5.11. The van der Waals surface area contributed by atoms with Crippen molar-refractivity contribution in [3.8, 4) is 5.75 Å². The molecule has 0 heterocycles. The molecule has 1 atom stereocenters. The van der Waals surface area contributed by atoms with Crippen molar-refractivity contribution >= 4 is 11.7 Å². The Labute approximate surface area is 93.9 Å². The molecule has 1 rings (SSSR count). The Bertz CT molecular complexity index is 338. The summed E-state index contributed by atoms with van der Waals surface area (Å²) in [6, 6.07) is 5.90. The Kier molecular flexibility index (Phi) is 4.60. The topological polar surface area (TPSA) is 95.6 Å². The number of phenols is 1. The summed E-state index contributed by atoms with van der Waals surface area (Å²) in [5, 5.41) is 20.7. The highest BCUT2D eigenvalue weighted by Gasteiger charge is 2.09. The van der Waals surface area contributed by atoms with Crippen molar-refractivity contribution in [1.29, 1.82) is 0 Å². The summed E-state index contributed by atoms with van der Waals surface area (Å²) in [6.45, 7) is 0.658. The zero-order valence-corrected chi connectivity index (χ0v) is 8.89. The molecule has 0 aromatic heterocycles. The number of carboxylic acids is 1. The molecule has 0 aliphatic heterocycles. The molecule has 1 aromatic rings. The van der Waals surface area contributed by atoms with Gasteiger partial charge in [-0.15, -0.1) is 0 Å². The van der Waals surface area contributed by atoms with E-state index in [0.717, 1.165) is 5.69 Å². The number of hydrogen-bond acceptors (Lipinski definition) is 4. The van der Waals surface area contributed by atoms with Gasteiger partial charge in [-0.2, -0.15) is 0 Å². The molecule has 16 heavy (non-hydrogen) atoms. The van der Waals surface area contributed by atoms with Gasteiger partial charge in [0.25, 0.3) is 0 Å². The molecule has 0 saturated carbocycles. The molecule has 0 fully saturated rings. The van der Waals surface area contributed by atoms with Crippen LogP contribution in [0.5, 0.6) is 5.75 Å². The lowest BCUT2D eigenvalue weighted by Gasteiger charge is -2.08. The summed E-state index contributed by atoms with van der Waals surface area (Å²) in [5.74, 6) is -0.747. The number of benzene rings is 1. The van der Waals surface area contributed by atoms with E-state index in [0.29, 0.717) is 19.4 Å². The van der Waals surface area contributed by atoms with Gasteiger partial charge < -0.3 is 21.3 Å². The summed E-state index contributed by atoms with van der Waals surface area (Å²) >= 11 is 0. The third-order valence-electron chi connectivity index (χ3n) is 2.21. The van der Waals surface area contributed by atoms with Crippen molar-refractivity contribution in [2.45, 2.75) is 18.9 Å². The lowest BCUT2D eigenvalue weighted by atomic mass is 10.1. The van der Waals surface area contributed by atoms with Gasteiger partial charge in [0.15, 0.2) is 0 Å². The molecule has 0 spiro atoms. The van der Waals surface area contributed by atoms with Gasteiger partial charge in [0.05, 0.1) is 0 Å². The Morgan fingerprint density at radius 2 is 2.00 bits per heavy atom. The van der Waals surface area contributed by atoms with Crippen LogP contribution in [0, 0.1) is 0 Å². The van der Waals surface area contributed by atoms with Crippen LogP contribution in [0.15, 0.2) is 24.3 Å². The van der Waals surface area contributed by atoms with Gasteiger partial charge >= 0.3 is 5.97 Å². The van der Waals surface area contributed by atoms with E-state index in [4.69, 9.17) is 15.9 Å². The molecule has 0 amide bonds. The van der Waals surface area contributed by atoms with Crippen molar-refractivity contribution in [2.75, 3.05) is 11.9 Å². The van der Waals surface area contributed by atoms with Gasteiger partial charge in [-0.05, 0) is 37.1 Å². The quantitative estimate of drug-likeness (QED) is 0.427. The maximum atomic E-state index is 10.4. The summed E-state index contributed by atoms with van der Waals surface area (Å²) < 4.78 is 0. The molecule has 1 aromatic carbocycles. The lowest BCUT2D eigenvalue weighted by Crippen LogP contribution is -2.30. The van der Waals surface area contributed by atoms with Gasteiger partial charge in [-0.1, -0.05) is 0 Å². The predicted molar refractivity (Wildman–Crippen MR) is 61.4 cm³/mol. The summed E-state index contributed by atoms with van der Waals surface area (Å²) in [6.07, 6.45) is 1.13. The molecule has 5 nitrogen and oxygen atoms in total. The van der Waals surface area contributed by atoms with Gasteiger partial charge in [0, 0.05) is 12.2 Å². The fourth-order valence-electron chi connectivity index (χ4n) is 1.26. The molecule has 0 aliphatic carbocycles. The molecule has 0 bridgehead atoms. The summed E-state index contributed by atoms with van der Waals surface area (Å²) in [4.78, 5) is 10.4. The van der Waals surface area contributed by atoms with E-state index in [1.165, 1.54) is 0 Å². The highest BCUT2D eigenvalue weighted by atomic mass is 16.4. The molecular formula is C11H16N2O3. The Hall–Kier alpha value is -1.75. The van der Waals surface area contributed by atoms with Crippen molar-refractivity contribution in [1.82, 2.24) is 0 Å². The van der Waals surface area contributed by atoms with E-state index in [2.05, 4.69) is 5.32 Å². The fraction of sp³-hybridized carbons (Fsp3) is 0.364. The zero-order valence-electron chi connectivity index (χ0n) is 8.89. The number of aromatic hydroxyl groups is 1. The SMILES string of the molecule is N[C@@H](CCCNc1ccc(O)cc1)C(=O)O. The molecule has 88 valence electrons. The summed E-state index contributed by atoms with van der Waals surface area (Å²) in [7, 11) is 0. The Balaban J connectivity index is 2.21. The molecule has 5 heteroatoms. The van der Waals surface area contributed by atoms with E-state index >= 15 is 0 Å². The standard InChI is InChI=1S/C11H16N2O3/c12-10(11(15)16)2-1-7-13-8-3-5-9(14)6-4-8/h3-6,10,13-14H,1-2,7,12H2,(H,15,16)/t10-/m0/s1. The van der Waals surface area contributed by atoms with Gasteiger partial charge in [-0.25, -0.2) is 0 Å². The second-order valence-electron chi connectivity index (χ2n) is 3.56. The van der Waals surface area contributed by atoms with Crippen LogP contribution in [-0.4, -0.2) is 28.8 Å². The Morgan fingerprint density at radius 3 is 2.56 bits per heavy atom. The average Bonchev–Trinajstić information content (AvgIpc) is 2.26. The normalized spacial score (nSPS) is 12.1. The largest absolute Gasteiger partial charge is 0.508 e. The van der Waals surface area contributed by atoms with Crippen LogP contribution in [0.2, 0.25) is 0 Å². The highest BCUT2D eigenvalue weighted by Crippen LogP contribution is 2.13. The van der Waals surface area contributed by atoms with Crippen molar-refractivity contribution < 1.29 is 15.0 Å². The van der Waals surface area contributed by atoms with Crippen molar-refractivity contribution in [2.24, 2.45) is 5.73 Å². The third-order valence-corrected chi connectivity index (χ3v) is 2.21. The number of phenolic OH excluding ortho intramolecular Hbond substituents is 1. The van der Waals surface area contributed by atoms with Crippen LogP contribution in [0.4, 0.5) is 5.69 Å². The maximum Gasteiger partial charge on any atom is 0.320 e. The minimum Gasteiger partial charge on any atom is -0.508 e. The van der Waals surface area contributed by atoms with Crippen molar-refractivity contribution in [3.63, 3.8) is 0 Å². The zero-order chi connectivity index (χ0) is 12.0. The first kappa shape index (κ1) is 12.3. The van der Waals surface area contributed by atoms with E-state index in [1.807, 2.05) is 0 Å². The van der Waals surface area contributed by atoms with Gasteiger partial charge in [-0.3, -0.25) is 4.79 Å². The number of carboxylic acid groups (broad SMARTS) is 1. The lowest BCUT2D eigenvalue weighted by molar-refractivity contribution is -0.138. The smallest absolute Gasteiger partial charge is 0.320 e. The number of aliphatic carboxylic acids is 1. The maximum absolute atomic E-state index is 10.4. The number of nitrogens with two attached hydrogens (primary N) is 1. The van der Waals surface area contributed by atoms with E-state index in [1.54, 1.807) is 24.3 Å². The van der Waals surface area contributed by atoms with Crippen LogP contribution in [0.25, 0.3) is 0 Å². The molecule has 0 unspecified atom stereocenters. The Morgan fingerprint density at radius 1 is 1.38 bits per heavy atom. The first-order chi connectivity index (χ1) is 7.59. The van der Waals surface area contributed by atoms with E-state index < -0.39 is 12.0 Å². The molecular weight excluding hydrogens is 208 g/mol. The van der Waals surface area contributed by atoms with E-state index in [-0.39, 0.29) is 5.75 Å². The minimum atomic E-state index is -0.968. The van der Waals surface area contributed by atoms with Crippen LogP contribution >= 0.6 is 0 Å². The van der Waals surface area contributed by atoms with Crippen LogP contribution in [0.1, 0.15) is 12.8 Å². The number of rotatable bonds is 6. The number of anilines is 1. The fourth-order valence-corrected chi connectivity index (χ4v) is 1.26. The third kappa shape index (κ3) is 4.18. The molecule has 0 radical (unpaired) electrons. The monoisotopic (exact) mass is 224 g/mol. The second kappa shape index (κ2) is 5.97. The van der Waals surface area contributed by atoms with Crippen LogP contribution < -0.4 is 11.1 Å². The molecule has 0 saturated heterocycles.